The molecule has 1 unspecified atom stereocenters. The largest absolute Gasteiger partial charge is 0.407 e. The molecule has 3 aliphatic rings. The van der Waals surface area contributed by atoms with Gasteiger partial charge in [0.05, 0.1) is 25.5 Å². The summed E-state index contributed by atoms with van der Waals surface area (Å²) >= 11 is 0. The Morgan fingerprint density at radius 1 is 1.31 bits per heavy atom. The van der Waals surface area contributed by atoms with Gasteiger partial charge in [0.1, 0.15) is 6.04 Å². The molecule has 2 saturated heterocycles. The summed E-state index contributed by atoms with van der Waals surface area (Å²) in [6, 6.07) is 9.24. The van der Waals surface area contributed by atoms with Crippen LogP contribution < -0.4 is 10.8 Å². The van der Waals surface area contributed by atoms with Gasteiger partial charge in [-0.2, -0.15) is 5.11 Å². The number of ether oxygens (including phenoxy) is 1. The molecule has 0 spiro atoms. The van der Waals surface area contributed by atoms with Gasteiger partial charge in [0.15, 0.2) is 5.76 Å². The van der Waals surface area contributed by atoms with E-state index in [0.29, 0.717) is 38.0 Å². The van der Waals surface area contributed by atoms with Crippen molar-refractivity contribution in [2.24, 2.45) is 11.0 Å². The lowest BCUT2D eigenvalue weighted by molar-refractivity contribution is -0.125. The van der Waals surface area contributed by atoms with Gasteiger partial charge in [-0.05, 0) is 6.08 Å². The fourth-order valence-corrected chi connectivity index (χ4v) is 3.22. The van der Waals surface area contributed by atoms with E-state index in [2.05, 4.69) is 20.8 Å². The topological polar surface area (TPSA) is 99.0 Å². The van der Waals surface area contributed by atoms with Gasteiger partial charge in [-0.1, -0.05) is 30.3 Å². The molecule has 1 aromatic carbocycles. The van der Waals surface area contributed by atoms with E-state index >= 15 is 0 Å². The van der Waals surface area contributed by atoms with Crippen LogP contribution in [0.3, 0.4) is 0 Å². The zero-order valence-electron chi connectivity index (χ0n) is 14.2. The van der Waals surface area contributed by atoms with Gasteiger partial charge in [-0.3, -0.25) is 4.79 Å². The van der Waals surface area contributed by atoms with Crippen LogP contribution in [0, 0.1) is 11.4 Å². The van der Waals surface area contributed by atoms with E-state index in [1.807, 2.05) is 30.3 Å². The number of likely N-dealkylation sites (tertiary alicyclic amines) is 1. The van der Waals surface area contributed by atoms with E-state index in [0.717, 1.165) is 11.3 Å². The van der Waals surface area contributed by atoms with Crippen LogP contribution in [0.2, 0.25) is 0 Å². The maximum atomic E-state index is 12.4. The molecule has 0 aromatic heterocycles. The number of benzene rings is 1. The summed E-state index contributed by atoms with van der Waals surface area (Å²) in [5.41, 5.74) is 11.8. The summed E-state index contributed by atoms with van der Waals surface area (Å²) in [5.74, 6) is 0.860. The molecule has 1 aromatic rings. The molecule has 1 amide bonds. The molecule has 8 heteroatoms. The third kappa shape index (κ3) is 3.33. The summed E-state index contributed by atoms with van der Waals surface area (Å²) in [4.78, 5) is 20.0. The predicted octanol–water partition coefficient (Wildman–Crippen LogP) is 1.25. The molecule has 3 aliphatic heterocycles. The first-order valence-electron chi connectivity index (χ1n) is 8.64. The fourth-order valence-electron chi connectivity index (χ4n) is 3.22. The van der Waals surface area contributed by atoms with Gasteiger partial charge in [0, 0.05) is 30.3 Å². The van der Waals surface area contributed by atoms with E-state index < -0.39 is 6.04 Å². The van der Waals surface area contributed by atoms with Crippen LogP contribution in [0.4, 0.5) is 0 Å². The first-order valence-corrected chi connectivity index (χ1v) is 8.64. The van der Waals surface area contributed by atoms with Gasteiger partial charge in [0.25, 0.3) is 0 Å². The summed E-state index contributed by atoms with van der Waals surface area (Å²) in [6.07, 6.45) is 3.36. The van der Waals surface area contributed by atoms with Crippen LogP contribution in [0.25, 0.3) is 5.76 Å². The Bertz CT molecular complexity index is 738. The Labute approximate surface area is 151 Å². The SMILES string of the molecule is N=N/C=C(/C1COC1)N1CC(NC(=O)C2C=C(c3ccccc3)ON2)C1. The number of carbonyl (C=O) groups excluding carboxylic acids is 1. The van der Waals surface area contributed by atoms with E-state index in [1.165, 1.54) is 0 Å². The summed E-state index contributed by atoms with van der Waals surface area (Å²) in [7, 11) is 0. The van der Waals surface area contributed by atoms with Crippen molar-refractivity contribution in [3.05, 3.63) is 53.9 Å². The molecule has 0 saturated carbocycles. The molecule has 3 N–H and O–H groups in total. The summed E-state index contributed by atoms with van der Waals surface area (Å²) < 4.78 is 5.22. The van der Waals surface area contributed by atoms with E-state index in [1.54, 1.807) is 12.3 Å². The van der Waals surface area contributed by atoms with Gasteiger partial charge < -0.3 is 19.8 Å². The van der Waals surface area contributed by atoms with Crippen molar-refractivity contribution < 1.29 is 14.4 Å². The van der Waals surface area contributed by atoms with E-state index in [4.69, 9.17) is 15.1 Å². The van der Waals surface area contributed by atoms with Crippen LogP contribution in [0.5, 0.6) is 0 Å². The van der Waals surface area contributed by atoms with Crippen LogP contribution in [0.15, 0.2) is 53.4 Å². The van der Waals surface area contributed by atoms with Crippen molar-refractivity contribution in [2.45, 2.75) is 12.1 Å². The number of hydroxylamine groups is 1. The van der Waals surface area contributed by atoms with Crippen LogP contribution in [-0.4, -0.2) is 49.2 Å². The molecule has 2 fully saturated rings. The third-order valence-electron chi connectivity index (χ3n) is 4.80. The smallest absolute Gasteiger partial charge is 0.244 e. The van der Waals surface area contributed by atoms with Crippen LogP contribution >= 0.6 is 0 Å². The minimum Gasteiger partial charge on any atom is -0.407 e. The average Bonchev–Trinajstić information content (AvgIpc) is 3.07. The first kappa shape index (κ1) is 16.7. The van der Waals surface area contributed by atoms with Crippen LogP contribution in [0.1, 0.15) is 5.56 Å². The lowest BCUT2D eigenvalue weighted by Gasteiger charge is -2.46. The van der Waals surface area contributed by atoms with Gasteiger partial charge in [0.2, 0.25) is 5.91 Å². The fraction of sp³-hybridized carbons (Fsp3) is 0.389. The molecule has 26 heavy (non-hydrogen) atoms. The quantitative estimate of drug-likeness (QED) is 0.667. The van der Waals surface area contributed by atoms with Crippen molar-refractivity contribution in [2.75, 3.05) is 26.3 Å². The molecular weight excluding hydrogens is 334 g/mol. The Morgan fingerprint density at radius 2 is 2.08 bits per heavy atom. The Kier molecular flexibility index (Phi) is 4.68. The minimum absolute atomic E-state index is 0.0774. The highest BCUT2D eigenvalue weighted by molar-refractivity contribution is 5.86. The molecular formula is C18H21N5O3. The maximum absolute atomic E-state index is 12.4. The standard InChI is InChI=1S/C18H21N5O3/c19-20-7-16(13-10-25-11-13)23-8-14(9-23)21-18(24)15-6-17(26-22-15)12-4-2-1-3-5-12/h1-7,13-15,19,22H,8-11H2,(H,21,24)/b16-7-,20-19?. The minimum atomic E-state index is -0.502. The normalized spacial score (nSPS) is 23.5. The van der Waals surface area contributed by atoms with Gasteiger partial charge >= 0.3 is 0 Å². The number of amides is 1. The number of nitrogens with one attached hydrogen (secondary N) is 3. The van der Waals surface area contributed by atoms with E-state index in [9.17, 15) is 4.79 Å². The van der Waals surface area contributed by atoms with E-state index in [-0.39, 0.29) is 11.9 Å². The average molecular weight is 355 g/mol. The highest BCUT2D eigenvalue weighted by Gasteiger charge is 2.36. The Balaban J connectivity index is 1.29. The highest BCUT2D eigenvalue weighted by atomic mass is 16.7. The van der Waals surface area contributed by atoms with Crippen molar-refractivity contribution >= 4 is 11.7 Å². The number of hydrogen-bond donors (Lipinski definition) is 3. The second-order valence-electron chi connectivity index (χ2n) is 6.62. The first-order chi connectivity index (χ1) is 12.7. The van der Waals surface area contributed by atoms with Gasteiger partial charge in [-0.15, -0.1) is 5.48 Å². The number of hydrogen-bond acceptors (Lipinski definition) is 7. The van der Waals surface area contributed by atoms with Crippen molar-refractivity contribution in [3.8, 4) is 0 Å². The second-order valence-corrected chi connectivity index (χ2v) is 6.62. The number of nitrogens with zero attached hydrogens (tertiary/aromatic N) is 2. The van der Waals surface area contributed by atoms with Crippen LogP contribution in [-0.2, 0) is 14.4 Å². The number of rotatable bonds is 6. The Hall–Kier alpha value is -2.71. The summed E-state index contributed by atoms with van der Waals surface area (Å²) in [6.45, 7) is 2.77. The zero-order chi connectivity index (χ0) is 17.9. The van der Waals surface area contributed by atoms with Crippen molar-refractivity contribution in [1.29, 1.82) is 5.53 Å². The molecule has 4 rings (SSSR count). The lowest BCUT2D eigenvalue weighted by atomic mass is 9.98. The maximum Gasteiger partial charge on any atom is 0.244 e. The van der Waals surface area contributed by atoms with Gasteiger partial charge in [-0.25, -0.2) is 5.53 Å². The molecule has 0 radical (unpaired) electrons. The number of carbonyl (C=O) groups is 1. The summed E-state index contributed by atoms with van der Waals surface area (Å²) in [5, 5.41) is 6.43. The van der Waals surface area contributed by atoms with Crippen molar-refractivity contribution in [3.63, 3.8) is 0 Å². The molecule has 8 nitrogen and oxygen atoms in total. The zero-order valence-corrected chi connectivity index (χ0v) is 14.2. The molecule has 0 bridgehead atoms. The Morgan fingerprint density at radius 3 is 2.73 bits per heavy atom. The molecule has 3 heterocycles. The predicted molar refractivity (Wildman–Crippen MR) is 93.5 cm³/mol. The molecule has 1 atom stereocenters. The second kappa shape index (κ2) is 7.27. The monoisotopic (exact) mass is 355 g/mol. The molecule has 136 valence electrons. The molecule has 0 aliphatic carbocycles. The third-order valence-corrected chi connectivity index (χ3v) is 4.80. The lowest BCUT2D eigenvalue weighted by Crippen LogP contribution is -2.61. The van der Waals surface area contributed by atoms with Crippen molar-refractivity contribution in [1.82, 2.24) is 15.7 Å². The highest BCUT2D eigenvalue weighted by Crippen LogP contribution is 2.28.